The van der Waals surface area contributed by atoms with Gasteiger partial charge in [-0.05, 0) is 12.1 Å². The van der Waals surface area contributed by atoms with Gasteiger partial charge in [0.1, 0.15) is 5.15 Å². The topological polar surface area (TPSA) is 42.0 Å². The second-order valence-corrected chi connectivity index (χ2v) is 2.64. The standard InChI is InChI=1S/C9H7ClN2O/c1-2-4-12-9(13)7-3-5-11-8(10)6-7/h1,3,5-6H,4H2,(H,12,13). The molecule has 1 N–H and O–H groups in total. The van der Waals surface area contributed by atoms with E-state index in [2.05, 4.69) is 16.2 Å². The second-order valence-electron chi connectivity index (χ2n) is 2.25. The molecule has 0 atom stereocenters. The molecule has 66 valence electrons. The SMILES string of the molecule is C#CCNC(=O)c1ccnc(Cl)c1. The number of pyridine rings is 1. The van der Waals surface area contributed by atoms with Crippen molar-refractivity contribution in [2.75, 3.05) is 6.54 Å². The maximum Gasteiger partial charge on any atom is 0.252 e. The van der Waals surface area contributed by atoms with E-state index in [0.717, 1.165) is 0 Å². The Morgan fingerprint density at radius 2 is 2.54 bits per heavy atom. The Morgan fingerprint density at radius 1 is 1.77 bits per heavy atom. The quantitative estimate of drug-likeness (QED) is 0.566. The lowest BCUT2D eigenvalue weighted by atomic mass is 10.2. The highest BCUT2D eigenvalue weighted by Crippen LogP contribution is 2.06. The Balaban J connectivity index is 2.72. The Bertz CT molecular complexity index is 357. The molecule has 1 heterocycles. The van der Waals surface area contributed by atoms with Crippen LogP contribution in [0.5, 0.6) is 0 Å². The van der Waals surface area contributed by atoms with E-state index in [1.165, 1.54) is 12.3 Å². The first-order valence-corrected chi connectivity index (χ1v) is 3.95. The molecular weight excluding hydrogens is 188 g/mol. The normalized spacial score (nSPS) is 8.92. The van der Waals surface area contributed by atoms with Crippen LogP contribution in [0.15, 0.2) is 18.3 Å². The van der Waals surface area contributed by atoms with Gasteiger partial charge >= 0.3 is 0 Å². The first-order valence-electron chi connectivity index (χ1n) is 3.57. The molecular formula is C9H7ClN2O. The summed E-state index contributed by atoms with van der Waals surface area (Å²) in [5.74, 6) is 2.05. The van der Waals surface area contributed by atoms with Gasteiger partial charge in [0.05, 0.1) is 6.54 Å². The van der Waals surface area contributed by atoms with Crippen molar-refractivity contribution in [2.45, 2.75) is 0 Å². The van der Waals surface area contributed by atoms with Crippen molar-refractivity contribution in [1.82, 2.24) is 10.3 Å². The van der Waals surface area contributed by atoms with Gasteiger partial charge in [-0.15, -0.1) is 6.42 Å². The number of aromatic nitrogens is 1. The first-order chi connectivity index (χ1) is 6.24. The molecule has 0 aliphatic rings. The smallest absolute Gasteiger partial charge is 0.252 e. The van der Waals surface area contributed by atoms with E-state index >= 15 is 0 Å². The van der Waals surface area contributed by atoms with E-state index in [0.29, 0.717) is 5.56 Å². The monoisotopic (exact) mass is 194 g/mol. The van der Waals surface area contributed by atoms with Crippen molar-refractivity contribution < 1.29 is 4.79 Å². The molecule has 0 aromatic carbocycles. The molecule has 1 rings (SSSR count). The fourth-order valence-corrected chi connectivity index (χ4v) is 0.951. The largest absolute Gasteiger partial charge is 0.341 e. The van der Waals surface area contributed by atoms with E-state index < -0.39 is 0 Å². The summed E-state index contributed by atoms with van der Waals surface area (Å²) in [6.45, 7) is 0.207. The number of hydrogen-bond acceptors (Lipinski definition) is 2. The predicted octanol–water partition coefficient (Wildman–Crippen LogP) is 1.10. The zero-order valence-corrected chi connectivity index (χ0v) is 7.51. The third-order valence-corrected chi connectivity index (χ3v) is 1.55. The van der Waals surface area contributed by atoms with Crippen LogP contribution in [0.2, 0.25) is 5.15 Å². The highest BCUT2D eigenvalue weighted by atomic mass is 35.5. The lowest BCUT2D eigenvalue weighted by molar-refractivity contribution is 0.0958. The van der Waals surface area contributed by atoms with Crippen LogP contribution in [0.1, 0.15) is 10.4 Å². The third kappa shape index (κ3) is 2.77. The summed E-state index contributed by atoms with van der Waals surface area (Å²) in [4.78, 5) is 15.0. The number of amides is 1. The zero-order valence-electron chi connectivity index (χ0n) is 6.75. The Kier molecular flexibility index (Phi) is 3.30. The molecule has 4 heteroatoms. The average Bonchev–Trinajstić information content (AvgIpc) is 2.14. The molecule has 0 spiro atoms. The fourth-order valence-electron chi connectivity index (χ4n) is 0.777. The minimum Gasteiger partial charge on any atom is -0.341 e. The molecule has 1 aromatic heterocycles. The van der Waals surface area contributed by atoms with Crippen molar-refractivity contribution in [3.8, 4) is 12.3 Å². The summed E-state index contributed by atoms with van der Waals surface area (Å²) in [5, 5.41) is 2.80. The highest BCUT2D eigenvalue weighted by molar-refractivity contribution is 6.29. The van der Waals surface area contributed by atoms with Gasteiger partial charge < -0.3 is 5.32 Å². The summed E-state index contributed by atoms with van der Waals surface area (Å²) in [6, 6.07) is 3.05. The zero-order chi connectivity index (χ0) is 9.68. The van der Waals surface area contributed by atoms with Gasteiger partial charge in [0.15, 0.2) is 0 Å². The van der Waals surface area contributed by atoms with E-state index in [1.807, 2.05) is 0 Å². The number of halogens is 1. The van der Waals surface area contributed by atoms with Gasteiger partial charge in [0.2, 0.25) is 0 Å². The number of nitrogens with one attached hydrogen (secondary N) is 1. The number of carbonyl (C=O) groups is 1. The van der Waals surface area contributed by atoms with Crippen LogP contribution in [-0.4, -0.2) is 17.4 Å². The summed E-state index contributed by atoms with van der Waals surface area (Å²) < 4.78 is 0. The number of terminal acetylenes is 1. The van der Waals surface area contributed by atoms with Gasteiger partial charge in [-0.3, -0.25) is 4.79 Å². The lowest BCUT2D eigenvalue weighted by Gasteiger charge is -2.00. The van der Waals surface area contributed by atoms with E-state index in [-0.39, 0.29) is 17.6 Å². The third-order valence-electron chi connectivity index (χ3n) is 1.34. The Morgan fingerprint density at radius 3 is 3.15 bits per heavy atom. The van der Waals surface area contributed by atoms with Crippen molar-refractivity contribution in [3.05, 3.63) is 29.0 Å². The summed E-state index contributed by atoms with van der Waals surface area (Å²) in [5.41, 5.74) is 0.454. The molecule has 1 amide bonds. The van der Waals surface area contributed by atoms with Crippen molar-refractivity contribution in [2.24, 2.45) is 0 Å². The average molecular weight is 195 g/mol. The Hall–Kier alpha value is -1.53. The minimum atomic E-state index is -0.248. The lowest BCUT2D eigenvalue weighted by Crippen LogP contribution is -2.23. The molecule has 0 bridgehead atoms. The molecule has 1 aromatic rings. The van der Waals surface area contributed by atoms with Crippen LogP contribution in [0, 0.1) is 12.3 Å². The van der Waals surface area contributed by atoms with Crippen molar-refractivity contribution >= 4 is 17.5 Å². The van der Waals surface area contributed by atoms with Gasteiger partial charge in [0.25, 0.3) is 5.91 Å². The van der Waals surface area contributed by atoms with Gasteiger partial charge in [-0.2, -0.15) is 0 Å². The molecule has 0 radical (unpaired) electrons. The van der Waals surface area contributed by atoms with Gasteiger partial charge in [-0.1, -0.05) is 17.5 Å². The van der Waals surface area contributed by atoms with Crippen LogP contribution in [0.3, 0.4) is 0 Å². The van der Waals surface area contributed by atoms with Gasteiger partial charge in [-0.25, -0.2) is 4.98 Å². The van der Waals surface area contributed by atoms with Crippen LogP contribution < -0.4 is 5.32 Å². The highest BCUT2D eigenvalue weighted by Gasteiger charge is 2.03. The number of carbonyl (C=O) groups excluding carboxylic acids is 1. The maximum absolute atomic E-state index is 11.3. The summed E-state index contributed by atoms with van der Waals surface area (Å²) in [7, 11) is 0. The number of nitrogens with zero attached hydrogens (tertiary/aromatic N) is 1. The van der Waals surface area contributed by atoms with Crippen LogP contribution >= 0.6 is 11.6 Å². The molecule has 0 saturated heterocycles. The van der Waals surface area contributed by atoms with Crippen LogP contribution in [-0.2, 0) is 0 Å². The number of rotatable bonds is 2. The summed E-state index contributed by atoms with van der Waals surface area (Å²) in [6.07, 6.45) is 6.45. The van der Waals surface area contributed by atoms with Crippen LogP contribution in [0.4, 0.5) is 0 Å². The van der Waals surface area contributed by atoms with Crippen LogP contribution in [0.25, 0.3) is 0 Å². The van der Waals surface area contributed by atoms with E-state index in [1.54, 1.807) is 6.07 Å². The second kappa shape index (κ2) is 4.48. The number of hydrogen-bond donors (Lipinski definition) is 1. The maximum atomic E-state index is 11.3. The van der Waals surface area contributed by atoms with Gasteiger partial charge in [0, 0.05) is 11.8 Å². The predicted molar refractivity (Wildman–Crippen MR) is 50.4 cm³/mol. The van der Waals surface area contributed by atoms with E-state index in [4.69, 9.17) is 18.0 Å². The summed E-state index contributed by atoms with van der Waals surface area (Å²) >= 11 is 5.59. The molecule has 0 aliphatic carbocycles. The Labute approximate surface area is 81.1 Å². The molecule has 13 heavy (non-hydrogen) atoms. The molecule has 3 nitrogen and oxygen atoms in total. The first kappa shape index (κ1) is 9.56. The van der Waals surface area contributed by atoms with Crippen molar-refractivity contribution in [3.63, 3.8) is 0 Å². The molecule has 0 saturated carbocycles. The minimum absolute atomic E-state index is 0.207. The molecule has 0 aliphatic heterocycles. The molecule has 0 unspecified atom stereocenters. The fraction of sp³-hybridized carbons (Fsp3) is 0.111. The van der Waals surface area contributed by atoms with E-state index in [9.17, 15) is 4.79 Å². The van der Waals surface area contributed by atoms with Crippen molar-refractivity contribution in [1.29, 1.82) is 0 Å². The molecule has 0 fully saturated rings.